The second kappa shape index (κ2) is 6.19. The van der Waals surface area contributed by atoms with Crippen LogP contribution in [0.4, 0.5) is 0 Å². The number of hydrogen-bond acceptors (Lipinski definition) is 3. The molecule has 0 saturated heterocycles. The lowest BCUT2D eigenvalue weighted by atomic mass is 10.0. The Hall–Kier alpha value is -1.91. The topological polar surface area (TPSA) is 42.2 Å². The Morgan fingerprint density at radius 3 is 2.33 bits per heavy atom. The van der Waals surface area contributed by atoms with Gasteiger partial charge < -0.3 is 9.67 Å². The summed E-state index contributed by atoms with van der Waals surface area (Å²) in [4.78, 5) is 15.1. The van der Waals surface area contributed by atoms with Gasteiger partial charge >= 0.3 is 0 Å². The maximum Gasteiger partial charge on any atom is 0.196 e. The van der Waals surface area contributed by atoms with Crippen LogP contribution in [0.2, 0.25) is 0 Å². The molecule has 4 heteroatoms. The minimum atomic E-state index is -0.772. The average Bonchev–Trinajstić information content (AvgIpc) is 2.81. The highest BCUT2D eigenvalue weighted by Crippen LogP contribution is 2.31. The smallest absolute Gasteiger partial charge is 0.196 e. The van der Waals surface area contributed by atoms with Crippen LogP contribution in [0.5, 0.6) is 0 Å². The Kier molecular flexibility index (Phi) is 4.37. The molecule has 0 fully saturated rings. The van der Waals surface area contributed by atoms with Crippen molar-refractivity contribution in [2.24, 2.45) is 0 Å². The molecule has 0 bridgehead atoms. The molecule has 0 spiro atoms. The number of pyridine rings is 1. The maximum atomic E-state index is 12.9. The number of aromatic nitrogens is 1. The zero-order valence-corrected chi connectivity index (χ0v) is 15.6. The van der Waals surface area contributed by atoms with Gasteiger partial charge in [0.25, 0.3) is 0 Å². The van der Waals surface area contributed by atoms with E-state index < -0.39 is 6.10 Å². The molecule has 2 heterocycles. The summed E-state index contributed by atoms with van der Waals surface area (Å²) in [5, 5.41) is 10.9. The van der Waals surface area contributed by atoms with Gasteiger partial charge in [-0.05, 0) is 45.7 Å². The molecule has 0 amide bonds. The first-order chi connectivity index (χ1) is 11.3. The van der Waals surface area contributed by atoms with Crippen LogP contribution in [-0.4, -0.2) is 9.67 Å². The number of nitrogens with zero attached hydrogens (tertiary/aromatic N) is 1. The van der Waals surface area contributed by atoms with Gasteiger partial charge in [-0.3, -0.25) is 4.79 Å². The van der Waals surface area contributed by atoms with Gasteiger partial charge in [0, 0.05) is 22.7 Å². The quantitative estimate of drug-likeness (QED) is 0.767. The van der Waals surface area contributed by atoms with Crippen LogP contribution in [0.3, 0.4) is 0 Å². The van der Waals surface area contributed by atoms with Crippen molar-refractivity contribution in [2.45, 2.75) is 47.3 Å². The second-order valence-corrected chi connectivity index (χ2v) is 7.74. The van der Waals surface area contributed by atoms with E-state index in [1.54, 1.807) is 18.3 Å². The van der Waals surface area contributed by atoms with Crippen LogP contribution in [0.1, 0.15) is 45.9 Å². The SMILES string of the molecule is Cc1ccc(Cn2c(C)c(C(C)O)c(=O)c3c(C)c(C)sc32)cc1. The third-order valence-corrected chi connectivity index (χ3v) is 5.99. The number of aryl methyl sites for hydroxylation is 3. The van der Waals surface area contributed by atoms with Crippen molar-refractivity contribution in [3.8, 4) is 0 Å². The molecule has 1 N–H and O–H groups in total. The van der Waals surface area contributed by atoms with E-state index in [2.05, 4.69) is 35.8 Å². The molecule has 1 aromatic carbocycles. The van der Waals surface area contributed by atoms with E-state index in [1.807, 2.05) is 20.8 Å². The number of aliphatic hydroxyl groups is 1. The molecule has 3 aromatic rings. The highest BCUT2D eigenvalue weighted by atomic mass is 32.1. The minimum absolute atomic E-state index is 0.0282. The molecule has 1 atom stereocenters. The first kappa shape index (κ1) is 16.9. The van der Waals surface area contributed by atoms with Crippen molar-refractivity contribution in [3.63, 3.8) is 0 Å². The Labute approximate surface area is 146 Å². The summed E-state index contributed by atoms with van der Waals surface area (Å²) < 4.78 is 2.17. The Morgan fingerprint density at radius 2 is 1.75 bits per heavy atom. The number of rotatable bonds is 3. The molecule has 126 valence electrons. The van der Waals surface area contributed by atoms with Crippen molar-refractivity contribution >= 4 is 21.6 Å². The van der Waals surface area contributed by atoms with Crippen molar-refractivity contribution in [2.75, 3.05) is 0 Å². The number of benzene rings is 1. The Balaban J connectivity index is 2.31. The third kappa shape index (κ3) is 2.70. The lowest BCUT2D eigenvalue weighted by Gasteiger charge is -2.18. The first-order valence-electron chi connectivity index (χ1n) is 8.17. The summed E-state index contributed by atoms with van der Waals surface area (Å²) in [5.74, 6) is 0. The van der Waals surface area contributed by atoms with Crippen LogP contribution in [-0.2, 0) is 6.54 Å². The van der Waals surface area contributed by atoms with Gasteiger partial charge in [-0.1, -0.05) is 29.8 Å². The largest absolute Gasteiger partial charge is 0.388 e. The van der Waals surface area contributed by atoms with Crippen molar-refractivity contribution in [1.29, 1.82) is 0 Å². The molecule has 3 nitrogen and oxygen atoms in total. The molecule has 0 radical (unpaired) electrons. The van der Waals surface area contributed by atoms with Crippen LogP contribution in [0.15, 0.2) is 29.1 Å². The van der Waals surface area contributed by atoms with Crippen LogP contribution in [0.25, 0.3) is 10.2 Å². The fourth-order valence-corrected chi connectivity index (χ4v) is 4.43. The van der Waals surface area contributed by atoms with E-state index in [-0.39, 0.29) is 5.43 Å². The van der Waals surface area contributed by atoms with Gasteiger partial charge in [0.05, 0.1) is 11.5 Å². The fourth-order valence-electron chi connectivity index (χ4n) is 3.22. The highest BCUT2D eigenvalue weighted by Gasteiger charge is 2.21. The molecular formula is C20H23NO2S. The average molecular weight is 341 g/mol. The molecule has 1 unspecified atom stereocenters. The van der Waals surface area contributed by atoms with Gasteiger partial charge in [0.15, 0.2) is 5.43 Å². The molecule has 24 heavy (non-hydrogen) atoms. The van der Waals surface area contributed by atoms with Gasteiger partial charge in [0.1, 0.15) is 4.83 Å². The summed E-state index contributed by atoms with van der Waals surface area (Å²) in [6.45, 7) is 10.4. The summed E-state index contributed by atoms with van der Waals surface area (Å²) in [7, 11) is 0. The zero-order valence-electron chi connectivity index (χ0n) is 14.8. The van der Waals surface area contributed by atoms with E-state index in [0.717, 1.165) is 26.4 Å². The molecule has 0 aliphatic carbocycles. The van der Waals surface area contributed by atoms with Crippen LogP contribution >= 0.6 is 11.3 Å². The standard InChI is InChI=1S/C20H23NO2S/c1-11-6-8-16(9-7-11)10-21-13(3)18(14(4)22)19(23)17-12(2)15(5)24-20(17)21/h6-9,14,22H,10H2,1-5H3. The monoisotopic (exact) mass is 341 g/mol. The van der Waals surface area contributed by atoms with Crippen LogP contribution < -0.4 is 5.43 Å². The Bertz CT molecular complexity index is 962. The second-order valence-electron chi connectivity index (χ2n) is 6.54. The van der Waals surface area contributed by atoms with Gasteiger partial charge in [-0.15, -0.1) is 11.3 Å². The van der Waals surface area contributed by atoms with E-state index >= 15 is 0 Å². The zero-order chi connectivity index (χ0) is 17.6. The summed E-state index contributed by atoms with van der Waals surface area (Å²) >= 11 is 1.66. The molecule has 2 aromatic heterocycles. The number of fused-ring (bicyclic) bond motifs is 1. The van der Waals surface area contributed by atoms with Gasteiger partial charge in [-0.2, -0.15) is 0 Å². The normalized spacial score (nSPS) is 12.8. The molecule has 0 saturated carbocycles. The molecular weight excluding hydrogens is 318 g/mol. The first-order valence-corrected chi connectivity index (χ1v) is 8.99. The summed E-state index contributed by atoms with van der Waals surface area (Å²) in [6, 6.07) is 8.44. The predicted octanol–water partition coefficient (Wildman–Crippen LogP) is 4.40. The third-order valence-electron chi connectivity index (χ3n) is 4.76. The Morgan fingerprint density at radius 1 is 1.12 bits per heavy atom. The number of aliphatic hydroxyl groups excluding tert-OH is 1. The van der Waals surface area contributed by atoms with Crippen molar-refractivity contribution < 1.29 is 5.11 Å². The highest BCUT2D eigenvalue weighted by molar-refractivity contribution is 7.18. The van der Waals surface area contributed by atoms with Crippen molar-refractivity contribution in [1.82, 2.24) is 4.57 Å². The van der Waals surface area contributed by atoms with Crippen molar-refractivity contribution in [3.05, 3.63) is 67.3 Å². The van der Waals surface area contributed by atoms with Gasteiger partial charge in [0.2, 0.25) is 0 Å². The molecule has 0 aliphatic heterocycles. The van der Waals surface area contributed by atoms with Crippen LogP contribution in [0, 0.1) is 27.7 Å². The fraction of sp³-hybridized carbons (Fsp3) is 0.350. The van der Waals surface area contributed by atoms with E-state index in [1.165, 1.54) is 11.1 Å². The van der Waals surface area contributed by atoms with E-state index in [9.17, 15) is 9.90 Å². The van der Waals surface area contributed by atoms with E-state index in [0.29, 0.717) is 12.1 Å². The molecule has 0 aliphatic rings. The van der Waals surface area contributed by atoms with E-state index in [4.69, 9.17) is 0 Å². The van der Waals surface area contributed by atoms with Gasteiger partial charge in [-0.25, -0.2) is 0 Å². The summed E-state index contributed by atoms with van der Waals surface area (Å²) in [6.07, 6.45) is -0.772. The molecule has 3 rings (SSSR count). The lowest BCUT2D eigenvalue weighted by Crippen LogP contribution is -2.20. The summed E-state index contributed by atoms with van der Waals surface area (Å²) in [5.41, 5.74) is 4.78. The predicted molar refractivity (Wildman–Crippen MR) is 101 cm³/mol. The number of hydrogen-bond donors (Lipinski definition) is 1. The maximum absolute atomic E-state index is 12.9. The lowest BCUT2D eigenvalue weighted by molar-refractivity contribution is 0.196. The number of thiophene rings is 1. The minimum Gasteiger partial charge on any atom is -0.388 e.